The molecule has 0 aromatic heterocycles. The SMILES string of the molecule is COc1cc(CCC(=O)OCc2ccc(C#N)cc2)cc(OC)c1OC. The highest BCUT2D eigenvalue weighted by molar-refractivity contribution is 5.70. The topological polar surface area (TPSA) is 77.8 Å². The van der Waals surface area contributed by atoms with Crippen molar-refractivity contribution >= 4 is 5.97 Å². The van der Waals surface area contributed by atoms with Crippen molar-refractivity contribution < 1.29 is 23.7 Å². The van der Waals surface area contributed by atoms with Crippen LogP contribution in [0.3, 0.4) is 0 Å². The Kier molecular flexibility index (Phi) is 6.86. The molecular formula is C20H21NO5. The summed E-state index contributed by atoms with van der Waals surface area (Å²) in [6.07, 6.45) is 0.720. The summed E-state index contributed by atoms with van der Waals surface area (Å²) in [5.74, 6) is 1.31. The Morgan fingerprint density at radius 1 is 0.962 bits per heavy atom. The highest BCUT2D eigenvalue weighted by atomic mass is 16.5. The fourth-order valence-corrected chi connectivity index (χ4v) is 2.44. The number of nitriles is 1. The lowest BCUT2D eigenvalue weighted by Crippen LogP contribution is -2.06. The highest BCUT2D eigenvalue weighted by Gasteiger charge is 2.14. The van der Waals surface area contributed by atoms with E-state index < -0.39 is 0 Å². The first-order chi connectivity index (χ1) is 12.6. The molecule has 0 radical (unpaired) electrons. The molecule has 2 rings (SSSR count). The second kappa shape index (κ2) is 9.33. The zero-order chi connectivity index (χ0) is 18.9. The lowest BCUT2D eigenvalue weighted by Gasteiger charge is -2.14. The van der Waals surface area contributed by atoms with Gasteiger partial charge in [0.25, 0.3) is 0 Å². The van der Waals surface area contributed by atoms with Crippen molar-refractivity contribution in [1.82, 2.24) is 0 Å². The summed E-state index contributed by atoms with van der Waals surface area (Å²) in [5, 5.41) is 8.77. The van der Waals surface area contributed by atoms with E-state index in [1.165, 1.54) is 0 Å². The molecule has 0 aliphatic heterocycles. The van der Waals surface area contributed by atoms with Crippen LogP contribution in [0.5, 0.6) is 17.2 Å². The van der Waals surface area contributed by atoms with E-state index >= 15 is 0 Å². The van der Waals surface area contributed by atoms with Crippen LogP contribution in [0, 0.1) is 11.3 Å². The van der Waals surface area contributed by atoms with Crippen LogP contribution in [0.1, 0.15) is 23.1 Å². The summed E-state index contributed by atoms with van der Waals surface area (Å²) in [7, 11) is 4.64. The molecule has 0 heterocycles. The van der Waals surface area contributed by atoms with Gasteiger partial charge in [-0.05, 0) is 41.8 Å². The maximum Gasteiger partial charge on any atom is 0.306 e. The van der Waals surface area contributed by atoms with Gasteiger partial charge in [-0.15, -0.1) is 0 Å². The van der Waals surface area contributed by atoms with Gasteiger partial charge in [0.1, 0.15) is 6.61 Å². The van der Waals surface area contributed by atoms with Gasteiger partial charge in [0, 0.05) is 6.42 Å². The number of esters is 1. The number of ether oxygens (including phenoxy) is 4. The molecule has 0 saturated heterocycles. The van der Waals surface area contributed by atoms with Crippen LogP contribution >= 0.6 is 0 Å². The molecule has 136 valence electrons. The maximum absolute atomic E-state index is 12.0. The van der Waals surface area contributed by atoms with E-state index in [0.29, 0.717) is 29.2 Å². The number of hydrogen-bond acceptors (Lipinski definition) is 6. The third-order valence-corrected chi connectivity index (χ3v) is 3.83. The zero-order valence-electron chi connectivity index (χ0n) is 15.1. The molecule has 0 spiro atoms. The van der Waals surface area contributed by atoms with E-state index in [-0.39, 0.29) is 19.0 Å². The largest absolute Gasteiger partial charge is 0.493 e. The molecule has 6 heteroatoms. The molecule has 0 saturated carbocycles. The van der Waals surface area contributed by atoms with Crippen molar-refractivity contribution in [3.63, 3.8) is 0 Å². The predicted molar refractivity (Wildman–Crippen MR) is 95.4 cm³/mol. The van der Waals surface area contributed by atoms with E-state index in [1.807, 2.05) is 18.2 Å². The second-order valence-corrected chi connectivity index (χ2v) is 5.50. The number of aryl methyl sites for hydroxylation is 1. The molecule has 0 bridgehead atoms. The van der Waals surface area contributed by atoms with Crippen LogP contribution in [0.2, 0.25) is 0 Å². The zero-order valence-corrected chi connectivity index (χ0v) is 15.1. The Morgan fingerprint density at radius 2 is 1.58 bits per heavy atom. The van der Waals surface area contributed by atoms with E-state index in [1.54, 1.807) is 45.6 Å². The average Bonchev–Trinajstić information content (AvgIpc) is 2.69. The van der Waals surface area contributed by atoms with Gasteiger partial charge in [-0.2, -0.15) is 5.26 Å². The lowest BCUT2D eigenvalue weighted by molar-refractivity contribution is -0.144. The minimum atomic E-state index is -0.303. The number of nitrogens with zero attached hydrogens (tertiary/aromatic N) is 1. The Hall–Kier alpha value is -3.20. The minimum absolute atomic E-state index is 0.180. The Morgan fingerprint density at radius 3 is 2.08 bits per heavy atom. The standard InChI is InChI=1S/C20H21NO5/c1-23-17-10-16(11-18(24-2)20(17)25-3)8-9-19(22)26-13-15-6-4-14(12-21)5-7-15/h4-7,10-11H,8-9,13H2,1-3H3. The van der Waals surface area contributed by atoms with Crippen molar-refractivity contribution in [3.05, 3.63) is 53.1 Å². The number of hydrogen-bond donors (Lipinski definition) is 0. The average molecular weight is 355 g/mol. The summed E-state index contributed by atoms with van der Waals surface area (Å²) >= 11 is 0. The summed E-state index contributed by atoms with van der Waals surface area (Å²) in [6, 6.07) is 12.6. The minimum Gasteiger partial charge on any atom is -0.493 e. The first-order valence-electron chi connectivity index (χ1n) is 8.04. The van der Waals surface area contributed by atoms with Crippen LogP contribution in [-0.4, -0.2) is 27.3 Å². The molecule has 26 heavy (non-hydrogen) atoms. The quantitative estimate of drug-likeness (QED) is 0.677. The van der Waals surface area contributed by atoms with Gasteiger partial charge < -0.3 is 18.9 Å². The predicted octanol–water partition coefficient (Wildman–Crippen LogP) is 3.26. The van der Waals surface area contributed by atoms with Crippen LogP contribution in [0.4, 0.5) is 0 Å². The molecule has 0 N–H and O–H groups in total. The summed E-state index contributed by atoms with van der Waals surface area (Å²) in [6.45, 7) is 0.180. The molecule has 0 fully saturated rings. The monoisotopic (exact) mass is 355 g/mol. The van der Waals surface area contributed by atoms with E-state index in [0.717, 1.165) is 11.1 Å². The van der Waals surface area contributed by atoms with Crippen molar-refractivity contribution in [1.29, 1.82) is 5.26 Å². The summed E-state index contributed by atoms with van der Waals surface area (Å²) in [5.41, 5.74) is 2.29. The normalized spacial score (nSPS) is 9.92. The van der Waals surface area contributed by atoms with Gasteiger partial charge in [-0.1, -0.05) is 12.1 Å². The van der Waals surface area contributed by atoms with Crippen molar-refractivity contribution in [2.45, 2.75) is 19.4 Å². The summed E-state index contributed by atoms with van der Waals surface area (Å²) < 4.78 is 21.2. The molecular weight excluding hydrogens is 334 g/mol. The first-order valence-corrected chi connectivity index (χ1v) is 8.04. The molecule has 0 amide bonds. The van der Waals surface area contributed by atoms with Crippen LogP contribution in [0.15, 0.2) is 36.4 Å². The van der Waals surface area contributed by atoms with E-state index in [9.17, 15) is 4.79 Å². The molecule has 0 unspecified atom stereocenters. The van der Waals surface area contributed by atoms with Gasteiger partial charge in [0.05, 0.1) is 33.0 Å². The molecule has 0 aliphatic carbocycles. The van der Waals surface area contributed by atoms with Gasteiger partial charge in [0.2, 0.25) is 5.75 Å². The van der Waals surface area contributed by atoms with Gasteiger partial charge in [-0.25, -0.2) is 0 Å². The number of rotatable bonds is 8. The molecule has 6 nitrogen and oxygen atoms in total. The number of carbonyl (C=O) groups excluding carboxylic acids is 1. The van der Waals surface area contributed by atoms with E-state index in [4.69, 9.17) is 24.2 Å². The Labute approximate surface area is 152 Å². The Bertz CT molecular complexity index is 768. The molecule has 2 aromatic carbocycles. The third-order valence-electron chi connectivity index (χ3n) is 3.83. The van der Waals surface area contributed by atoms with Crippen LogP contribution < -0.4 is 14.2 Å². The number of carbonyl (C=O) groups is 1. The number of benzene rings is 2. The van der Waals surface area contributed by atoms with Crippen molar-refractivity contribution in [2.24, 2.45) is 0 Å². The second-order valence-electron chi connectivity index (χ2n) is 5.50. The Balaban J connectivity index is 1.93. The first kappa shape index (κ1) is 19.1. The maximum atomic E-state index is 12.0. The van der Waals surface area contributed by atoms with Gasteiger partial charge in [-0.3, -0.25) is 4.79 Å². The van der Waals surface area contributed by atoms with Gasteiger partial charge in [0.15, 0.2) is 11.5 Å². The van der Waals surface area contributed by atoms with Gasteiger partial charge >= 0.3 is 5.97 Å². The smallest absolute Gasteiger partial charge is 0.306 e. The highest BCUT2D eigenvalue weighted by Crippen LogP contribution is 2.38. The summed E-state index contributed by atoms with van der Waals surface area (Å²) in [4.78, 5) is 12.0. The third kappa shape index (κ3) is 4.90. The molecule has 2 aromatic rings. The van der Waals surface area contributed by atoms with Crippen LogP contribution in [0.25, 0.3) is 0 Å². The fourth-order valence-electron chi connectivity index (χ4n) is 2.44. The van der Waals surface area contributed by atoms with Crippen molar-refractivity contribution in [2.75, 3.05) is 21.3 Å². The lowest BCUT2D eigenvalue weighted by atomic mass is 10.1. The fraction of sp³-hybridized carbons (Fsp3) is 0.300. The van der Waals surface area contributed by atoms with Crippen molar-refractivity contribution in [3.8, 4) is 23.3 Å². The number of methoxy groups -OCH3 is 3. The van der Waals surface area contributed by atoms with E-state index in [2.05, 4.69) is 0 Å². The van der Waals surface area contributed by atoms with Crippen LogP contribution in [-0.2, 0) is 22.6 Å². The molecule has 0 aliphatic rings. The molecule has 0 atom stereocenters.